The summed E-state index contributed by atoms with van der Waals surface area (Å²) in [4.78, 5) is 14.4. The summed E-state index contributed by atoms with van der Waals surface area (Å²) in [5.74, 6) is 1.89. The zero-order valence-electron chi connectivity index (χ0n) is 15.4. The van der Waals surface area contributed by atoms with Gasteiger partial charge in [0.2, 0.25) is 0 Å². The SMILES string of the molecule is Cc1cc(CN(C)C(=O)c2ccccc2OCCOc2ccccc2)no1. The number of ether oxygens (including phenoxy) is 2. The third kappa shape index (κ3) is 5.10. The molecule has 0 aliphatic carbocycles. The van der Waals surface area contributed by atoms with Crippen LogP contribution < -0.4 is 9.47 Å². The fourth-order valence-corrected chi connectivity index (χ4v) is 2.61. The van der Waals surface area contributed by atoms with Gasteiger partial charge in [0.25, 0.3) is 5.91 Å². The van der Waals surface area contributed by atoms with Crippen molar-refractivity contribution in [2.75, 3.05) is 20.3 Å². The number of nitrogens with zero attached hydrogens (tertiary/aromatic N) is 2. The summed E-state index contributed by atoms with van der Waals surface area (Å²) < 4.78 is 16.4. The minimum Gasteiger partial charge on any atom is -0.490 e. The molecule has 0 aliphatic rings. The standard InChI is InChI=1S/C21H22N2O4/c1-16-14-17(22-27-16)15-23(2)21(24)19-10-6-7-11-20(19)26-13-12-25-18-8-4-3-5-9-18/h3-11,14H,12-13,15H2,1-2H3. The third-order valence-electron chi connectivity index (χ3n) is 3.89. The smallest absolute Gasteiger partial charge is 0.257 e. The van der Waals surface area contributed by atoms with E-state index in [1.807, 2.05) is 55.5 Å². The maximum absolute atomic E-state index is 12.8. The second-order valence-corrected chi connectivity index (χ2v) is 6.10. The van der Waals surface area contributed by atoms with Crippen LogP contribution in [-0.2, 0) is 6.54 Å². The molecule has 1 amide bonds. The van der Waals surface area contributed by atoms with Crippen molar-refractivity contribution in [1.82, 2.24) is 10.1 Å². The highest BCUT2D eigenvalue weighted by Gasteiger charge is 2.18. The Labute approximate surface area is 158 Å². The quantitative estimate of drug-likeness (QED) is 0.569. The van der Waals surface area contributed by atoms with Gasteiger partial charge < -0.3 is 18.9 Å². The largest absolute Gasteiger partial charge is 0.490 e. The number of hydrogen-bond donors (Lipinski definition) is 0. The van der Waals surface area contributed by atoms with Gasteiger partial charge in [0, 0.05) is 13.1 Å². The molecule has 3 aromatic rings. The van der Waals surface area contributed by atoms with Crippen LogP contribution in [0.2, 0.25) is 0 Å². The van der Waals surface area contributed by atoms with Crippen molar-refractivity contribution in [2.45, 2.75) is 13.5 Å². The van der Waals surface area contributed by atoms with Crippen LogP contribution in [0.5, 0.6) is 11.5 Å². The van der Waals surface area contributed by atoms with Gasteiger partial charge in [0.05, 0.1) is 12.1 Å². The molecule has 6 nitrogen and oxygen atoms in total. The molecule has 1 aromatic heterocycles. The predicted octanol–water partition coefficient (Wildman–Crippen LogP) is 3.71. The van der Waals surface area contributed by atoms with Gasteiger partial charge in [-0.2, -0.15) is 0 Å². The third-order valence-corrected chi connectivity index (χ3v) is 3.89. The molecule has 0 bridgehead atoms. The van der Waals surface area contributed by atoms with Crippen molar-refractivity contribution in [3.8, 4) is 11.5 Å². The lowest BCUT2D eigenvalue weighted by Gasteiger charge is -2.18. The molecule has 0 spiro atoms. The summed E-state index contributed by atoms with van der Waals surface area (Å²) >= 11 is 0. The number of carbonyl (C=O) groups is 1. The zero-order valence-corrected chi connectivity index (χ0v) is 15.4. The Hall–Kier alpha value is -3.28. The minimum atomic E-state index is -0.143. The lowest BCUT2D eigenvalue weighted by Crippen LogP contribution is -2.27. The highest BCUT2D eigenvalue weighted by Crippen LogP contribution is 2.20. The summed E-state index contributed by atoms with van der Waals surface area (Å²) in [6.07, 6.45) is 0. The van der Waals surface area contributed by atoms with Crippen LogP contribution >= 0.6 is 0 Å². The van der Waals surface area contributed by atoms with Gasteiger partial charge in [-0.25, -0.2) is 0 Å². The average Bonchev–Trinajstić information content (AvgIpc) is 3.10. The highest BCUT2D eigenvalue weighted by atomic mass is 16.5. The fraction of sp³-hybridized carbons (Fsp3) is 0.238. The van der Waals surface area contributed by atoms with Crippen molar-refractivity contribution in [3.05, 3.63) is 77.7 Å². The monoisotopic (exact) mass is 366 g/mol. The molecule has 27 heavy (non-hydrogen) atoms. The topological polar surface area (TPSA) is 64.8 Å². The molecule has 0 N–H and O–H groups in total. The Morgan fingerprint density at radius 2 is 1.74 bits per heavy atom. The first-order valence-electron chi connectivity index (χ1n) is 8.71. The number of aromatic nitrogens is 1. The van der Waals surface area contributed by atoms with Crippen LogP contribution in [0, 0.1) is 6.92 Å². The first-order chi connectivity index (χ1) is 13.1. The first-order valence-corrected chi connectivity index (χ1v) is 8.71. The van der Waals surface area contributed by atoms with Crippen LogP contribution in [0.15, 0.2) is 65.2 Å². The molecular formula is C21H22N2O4. The predicted molar refractivity (Wildman–Crippen MR) is 101 cm³/mol. The lowest BCUT2D eigenvalue weighted by atomic mass is 10.1. The fourth-order valence-electron chi connectivity index (χ4n) is 2.61. The van der Waals surface area contributed by atoms with Gasteiger partial charge in [0.1, 0.15) is 36.2 Å². The van der Waals surface area contributed by atoms with Crippen LogP contribution in [0.4, 0.5) is 0 Å². The van der Waals surface area contributed by atoms with Gasteiger partial charge in [0.15, 0.2) is 0 Å². The van der Waals surface area contributed by atoms with E-state index in [4.69, 9.17) is 14.0 Å². The number of carbonyl (C=O) groups excluding carboxylic acids is 1. The van der Waals surface area contributed by atoms with E-state index < -0.39 is 0 Å². The average molecular weight is 366 g/mol. The molecule has 6 heteroatoms. The van der Waals surface area contributed by atoms with Gasteiger partial charge in [-0.15, -0.1) is 0 Å². The lowest BCUT2D eigenvalue weighted by molar-refractivity contribution is 0.0776. The van der Waals surface area contributed by atoms with Crippen molar-refractivity contribution in [1.29, 1.82) is 0 Å². The molecule has 1 heterocycles. The highest BCUT2D eigenvalue weighted by molar-refractivity contribution is 5.96. The Morgan fingerprint density at radius 1 is 1.04 bits per heavy atom. The molecule has 0 radical (unpaired) electrons. The van der Waals surface area contributed by atoms with E-state index in [0.717, 1.165) is 5.75 Å². The van der Waals surface area contributed by atoms with E-state index in [-0.39, 0.29) is 5.91 Å². The number of para-hydroxylation sites is 2. The van der Waals surface area contributed by atoms with Crippen LogP contribution in [0.25, 0.3) is 0 Å². The van der Waals surface area contributed by atoms with Gasteiger partial charge in [-0.05, 0) is 31.2 Å². The van der Waals surface area contributed by atoms with Crippen LogP contribution in [0.1, 0.15) is 21.8 Å². The van der Waals surface area contributed by atoms with Crippen molar-refractivity contribution in [3.63, 3.8) is 0 Å². The summed E-state index contributed by atoms with van der Waals surface area (Å²) in [6, 6.07) is 18.5. The summed E-state index contributed by atoms with van der Waals surface area (Å²) in [7, 11) is 1.72. The maximum atomic E-state index is 12.8. The molecule has 0 atom stereocenters. The molecule has 140 valence electrons. The van der Waals surface area contributed by atoms with E-state index in [9.17, 15) is 4.79 Å². The maximum Gasteiger partial charge on any atom is 0.257 e. The van der Waals surface area contributed by atoms with Gasteiger partial charge >= 0.3 is 0 Å². The van der Waals surface area contributed by atoms with Crippen molar-refractivity contribution < 1.29 is 18.8 Å². The summed E-state index contributed by atoms with van der Waals surface area (Å²) in [6.45, 7) is 2.91. The molecule has 0 saturated heterocycles. The molecule has 0 fully saturated rings. The summed E-state index contributed by atoms with van der Waals surface area (Å²) in [5.41, 5.74) is 1.21. The molecule has 0 saturated carbocycles. The molecule has 0 unspecified atom stereocenters. The molecule has 0 aliphatic heterocycles. The Bertz CT molecular complexity index is 877. The zero-order chi connectivity index (χ0) is 19.1. The van der Waals surface area contributed by atoms with Gasteiger partial charge in [-0.3, -0.25) is 4.79 Å². The second-order valence-electron chi connectivity index (χ2n) is 6.10. The number of aryl methyl sites for hydroxylation is 1. The normalized spacial score (nSPS) is 10.4. The number of amides is 1. The molecule has 3 rings (SSSR count). The Kier molecular flexibility index (Phi) is 6.10. The summed E-state index contributed by atoms with van der Waals surface area (Å²) in [5, 5.41) is 3.93. The Balaban J connectivity index is 1.58. The molecule has 2 aromatic carbocycles. The van der Waals surface area contributed by atoms with Crippen LogP contribution in [0.3, 0.4) is 0 Å². The van der Waals surface area contributed by atoms with Gasteiger partial charge in [-0.1, -0.05) is 35.5 Å². The number of benzene rings is 2. The Morgan fingerprint density at radius 3 is 2.48 bits per heavy atom. The van der Waals surface area contributed by atoms with Crippen molar-refractivity contribution >= 4 is 5.91 Å². The molecular weight excluding hydrogens is 344 g/mol. The van der Waals surface area contributed by atoms with E-state index in [0.29, 0.717) is 42.5 Å². The first kappa shape index (κ1) is 18.5. The number of hydrogen-bond acceptors (Lipinski definition) is 5. The van der Waals surface area contributed by atoms with Crippen LogP contribution in [-0.4, -0.2) is 36.2 Å². The van der Waals surface area contributed by atoms with E-state index in [1.165, 1.54) is 0 Å². The van der Waals surface area contributed by atoms with E-state index >= 15 is 0 Å². The van der Waals surface area contributed by atoms with Crippen molar-refractivity contribution in [2.24, 2.45) is 0 Å². The number of rotatable bonds is 8. The van der Waals surface area contributed by atoms with E-state index in [2.05, 4.69) is 5.16 Å². The van der Waals surface area contributed by atoms with E-state index in [1.54, 1.807) is 24.1 Å². The minimum absolute atomic E-state index is 0.143. The second kappa shape index (κ2) is 8.89.